The Morgan fingerprint density at radius 1 is 1.35 bits per heavy atom. The number of likely N-dealkylation sites (N-methyl/N-ethyl adjacent to an activating group) is 1. The molecule has 94 valence electrons. The fraction of sp³-hybridized carbons (Fsp3) is 0.600. The lowest BCUT2D eigenvalue weighted by Gasteiger charge is -2.30. The molecule has 0 bridgehead atoms. The number of ether oxygens (including phenoxy) is 1. The predicted molar refractivity (Wildman–Crippen MR) is 71.4 cm³/mol. The first kappa shape index (κ1) is 12.6. The smallest absolute Gasteiger partial charge is 0.0468 e. The first-order chi connectivity index (χ1) is 8.31. The maximum atomic E-state index is 5.47. The molecule has 1 aliphatic heterocycles. The third-order valence-corrected chi connectivity index (χ3v) is 3.73. The Kier molecular flexibility index (Phi) is 4.57. The van der Waals surface area contributed by atoms with E-state index in [1.165, 1.54) is 24.0 Å². The highest BCUT2D eigenvalue weighted by atomic mass is 16.5. The maximum absolute atomic E-state index is 5.47. The van der Waals surface area contributed by atoms with Crippen molar-refractivity contribution in [3.8, 4) is 0 Å². The standard InChI is InChI=1S/C15H23NO/c1-12-4-3-5-14(10-12)15(11-16-2)13-6-8-17-9-7-13/h3-5,10,13,15-16H,6-9,11H2,1-2H3. The largest absolute Gasteiger partial charge is 0.381 e. The number of nitrogens with one attached hydrogen (secondary N) is 1. The van der Waals surface area contributed by atoms with Crippen LogP contribution in [0.1, 0.15) is 29.9 Å². The minimum atomic E-state index is 0.629. The number of hydrogen-bond donors (Lipinski definition) is 1. The van der Waals surface area contributed by atoms with E-state index in [4.69, 9.17) is 4.74 Å². The van der Waals surface area contributed by atoms with E-state index in [1.54, 1.807) is 0 Å². The Bertz CT molecular complexity index is 345. The van der Waals surface area contributed by atoms with Gasteiger partial charge in [-0.3, -0.25) is 0 Å². The van der Waals surface area contributed by atoms with Gasteiger partial charge < -0.3 is 10.1 Å². The van der Waals surface area contributed by atoms with Gasteiger partial charge in [-0.2, -0.15) is 0 Å². The van der Waals surface area contributed by atoms with Crippen molar-refractivity contribution in [2.45, 2.75) is 25.7 Å². The van der Waals surface area contributed by atoms with Crippen molar-refractivity contribution in [2.24, 2.45) is 5.92 Å². The Balaban J connectivity index is 2.15. The quantitative estimate of drug-likeness (QED) is 0.863. The van der Waals surface area contributed by atoms with E-state index in [1.807, 2.05) is 7.05 Å². The molecule has 0 amide bonds. The van der Waals surface area contributed by atoms with Gasteiger partial charge in [-0.25, -0.2) is 0 Å². The summed E-state index contributed by atoms with van der Waals surface area (Å²) in [6, 6.07) is 8.94. The Hall–Kier alpha value is -0.860. The van der Waals surface area contributed by atoms with Crippen LogP contribution in [0.3, 0.4) is 0 Å². The monoisotopic (exact) mass is 233 g/mol. The van der Waals surface area contributed by atoms with Gasteiger partial charge >= 0.3 is 0 Å². The van der Waals surface area contributed by atoms with Crippen molar-refractivity contribution < 1.29 is 4.74 Å². The third-order valence-electron chi connectivity index (χ3n) is 3.73. The Morgan fingerprint density at radius 2 is 2.12 bits per heavy atom. The van der Waals surface area contributed by atoms with Crippen molar-refractivity contribution in [2.75, 3.05) is 26.8 Å². The van der Waals surface area contributed by atoms with Crippen LogP contribution >= 0.6 is 0 Å². The van der Waals surface area contributed by atoms with Crippen LogP contribution in [-0.2, 0) is 4.74 Å². The molecular formula is C15H23NO. The van der Waals surface area contributed by atoms with Crippen LogP contribution in [0.15, 0.2) is 24.3 Å². The summed E-state index contributed by atoms with van der Waals surface area (Å²) in [5.74, 6) is 1.39. The number of hydrogen-bond acceptors (Lipinski definition) is 2. The fourth-order valence-corrected chi connectivity index (χ4v) is 2.80. The molecule has 2 heteroatoms. The second-order valence-corrected chi connectivity index (χ2v) is 5.03. The Morgan fingerprint density at radius 3 is 2.76 bits per heavy atom. The highest BCUT2D eigenvalue weighted by molar-refractivity contribution is 5.26. The summed E-state index contributed by atoms with van der Waals surface area (Å²) >= 11 is 0. The summed E-state index contributed by atoms with van der Waals surface area (Å²) in [5, 5.41) is 3.34. The van der Waals surface area contributed by atoms with E-state index in [9.17, 15) is 0 Å². The lowest BCUT2D eigenvalue weighted by molar-refractivity contribution is 0.0579. The summed E-state index contributed by atoms with van der Waals surface area (Å²) in [6.45, 7) is 5.09. The summed E-state index contributed by atoms with van der Waals surface area (Å²) in [7, 11) is 2.04. The molecule has 0 saturated carbocycles. The van der Waals surface area contributed by atoms with Gasteiger partial charge in [0, 0.05) is 19.8 Å². The molecule has 0 radical (unpaired) electrons. The normalized spacial score (nSPS) is 19.2. The summed E-state index contributed by atoms with van der Waals surface area (Å²) in [6.07, 6.45) is 2.39. The molecule has 1 fully saturated rings. The van der Waals surface area contributed by atoms with Gasteiger partial charge in [0.1, 0.15) is 0 Å². The lowest BCUT2D eigenvalue weighted by atomic mass is 9.81. The third kappa shape index (κ3) is 3.30. The van der Waals surface area contributed by atoms with Crippen LogP contribution in [-0.4, -0.2) is 26.8 Å². The molecule has 0 spiro atoms. The van der Waals surface area contributed by atoms with Crippen LogP contribution in [0.4, 0.5) is 0 Å². The number of rotatable bonds is 4. The van der Waals surface area contributed by atoms with Gasteiger partial charge in [-0.05, 0) is 44.2 Å². The van der Waals surface area contributed by atoms with Crippen molar-refractivity contribution >= 4 is 0 Å². The lowest BCUT2D eigenvalue weighted by Crippen LogP contribution is -2.28. The molecule has 0 aromatic heterocycles. The van der Waals surface area contributed by atoms with Crippen LogP contribution in [0.2, 0.25) is 0 Å². The number of benzene rings is 1. The zero-order chi connectivity index (χ0) is 12.1. The van der Waals surface area contributed by atoms with Gasteiger partial charge in [0.25, 0.3) is 0 Å². The minimum absolute atomic E-state index is 0.629. The molecule has 1 saturated heterocycles. The molecule has 1 aliphatic rings. The summed E-state index contributed by atoms with van der Waals surface area (Å²) in [4.78, 5) is 0. The van der Waals surface area contributed by atoms with Crippen LogP contribution in [0.5, 0.6) is 0 Å². The Labute approximate surface area is 104 Å². The SMILES string of the molecule is CNCC(c1cccc(C)c1)C1CCOCC1. The minimum Gasteiger partial charge on any atom is -0.381 e. The average Bonchev–Trinajstić information content (AvgIpc) is 2.37. The van der Waals surface area contributed by atoms with Crippen molar-refractivity contribution in [1.29, 1.82) is 0 Å². The molecule has 2 nitrogen and oxygen atoms in total. The van der Waals surface area contributed by atoms with Crippen molar-refractivity contribution in [1.82, 2.24) is 5.32 Å². The van der Waals surface area contributed by atoms with Crippen LogP contribution in [0, 0.1) is 12.8 Å². The zero-order valence-corrected chi connectivity index (χ0v) is 10.9. The van der Waals surface area contributed by atoms with Gasteiger partial charge in [0.2, 0.25) is 0 Å². The van der Waals surface area contributed by atoms with E-state index in [-0.39, 0.29) is 0 Å². The van der Waals surface area contributed by atoms with E-state index in [0.717, 1.165) is 25.7 Å². The first-order valence-corrected chi connectivity index (χ1v) is 6.60. The van der Waals surface area contributed by atoms with Gasteiger partial charge in [0.15, 0.2) is 0 Å². The van der Waals surface area contributed by atoms with E-state index in [2.05, 4.69) is 36.5 Å². The predicted octanol–water partition coefficient (Wildman–Crippen LogP) is 2.72. The second-order valence-electron chi connectivity index (χ2n) is 5.03. The van der Waals surface area contributed by atoms with Crippen molar-refractivity contribution in [3.63, 3.8) is 0 Å². The average molecular weight is 233 g/mol. The van der Waals surface area contributed by atoms with E-state index < -0.39 is 0 Å². The van der Waals surface area contributed by atoms with Gasteiger partial charge in [-0.15, -0.1) is 0 Å². The maximum Gasteiger partial charge on any atom is 0.0468 e. The molecular weight excluding hydrogens is 210 g/mol. The molecule has 1 aromatic rings. The molecule has 1 atom stereocenters. The fourth-order valence-electron chi connectivity index (χ4n) is 2.80. The highest BCUT2D eigenvalue weighted by Crippen LogP contribution is 2.31. The van der Waals surface area contributed by atoms with E-state index in [0.29, 0.717) is 5.92 Å². The summed E-state index contributed by atoms with van der Waals surface area (Å²) < 4.78 is 5.47. The topological polar surface area (TPSA) is 21.3 Å². The van der Waals surface area contributed by atoms with E-state index >= 15 is 0 Å². The highest BCUT2D eigenvalue weighted by Gasteiger charge is 2.24. The molecule has 17 heavy (non-hydrogen) atoms. The number of aryl methyl sites for hydroxylation is 1. The van der Waals surface area contributed by atoms with Crippen LogP contribution in [0.25, 0.3) is 0 Å². The van der Waals surface area contributed by atoms with Crippen LogP contribution < -0.4 is 5.32 Å². The molecule has 2 rings (SSSR count). The van der Waals surface area contributed by atoms with Crippen molar-refractivity contribution in [3.05, 3.63) is 35.4 Å². The molecule has 1 heterocycles. The zero-order valence-electron chi connectivity index (χ0n) is 10.9. The van der Waals surface area contributed by atoms with Gasteiger partial charge in [0.05, 0.1) is 0 Å². The second kappa shape index (κ2) is 6.18. The summed E-state index contributed by atoms with van der Waals surface area (Å²) in [5.41, 5.74) is 2.84. The molecule has 1 aromatic carbocycles. The molecule has 1 unspecified atom stereocenters. The first-order valence-electron chi connectivity index (χ1n) is 6.60. The van der Waals surface area contributed by atoms with Gasteiger partial charge in [-0.1, -0.05) is 29.8 Å². The molecule has 0 aliphatic carbocycles. The molecule has 1 N–H and O–H groups in total.